The molecular weight excluding hydrogens is 284 g/mol. The Morgan fingerprint density at radius 3 is 2.57 bits per heavy atom. The summed E-state index contributed by atoms with van der Waals surface area (Å²) in [4.78, 5) is 13.1. The number of hydrogen-bond acceptors (Lipinski definition) is 4. The number of nitrogens with two attached hydrogens (primary N) is 1. The molecule has 0 amide bonds. The van der Waals surface area contributed by atoms with Crippen LogP contribution in [0.4, 0.5) is 0 Å². The molecule has 0 bridgehead atoms. The first-order valence-electron chi connectivity index (χ1n) is 6.51. The summed E-state index contributed by atoms with van der Waals surface area (Å²) < 4.78 is 0. The first-order chi connectivity index (χ1) is 10.3. The molecule has 0 unspecified atom stereocenters. The summed E-state index contributed by atoms with van der Waals surface area (Å²) in [6.45, 7) is 0.419. The fraction of sp³-hybridized carbons (Fsp3) is 0.0625. The van der Waals surface area contributed by atoms with E-state index in [1.807, 2.05) is 42.5 Å². The Bertz CT molecular complexity index is 759. The van der Waals surface area contributed by atoms with Crippen molar-refractivity contribution >= 4 is 11.6 Å². The highest BCUT2D eigenvalue weighted by atomic mass is 35.5. The van der Waals surface area contributed by atoms with Crippen molar-refractivity contribution in [1.82, 2.24) is 15.0 Å². The second kappa shape index (κ2) is 5.99. The number of hydrogen-bond donors (Lipinski definition) is 1. The maximum absolute atomic E-state index is 6.20. The average Bonchev–Trinajstić information content (AvgIpc) is 2.56. The van der Waals surface area contributed by atoms with Crippen LogP contribution in [0, 0.1) is 0 Å². The number of halogens is 1. The Morgan fingerprint density at radius 1 is 0.952 bits per heavy atom. The van der Waals surface area contributed by atoms with Crippen LogP contribution in [0.2, 0.25) is 5.02 Å². The number of nitrogens with zero attached hydrogens (tertiary/aromatic N) is 3. The van der Waals surface area contributed by atoms with Crippen molar-refractivity contribution in [3.63, 3.8) is 0 Å². The smallest absolute Gasteiger partial charge is 0.178 e. The lowest BCUT2D eigenvalue weighted by atomic mass is 10.1. The first-order valence-corrected chi connectivity index (χ1v) is 6.89. The van der Waals surface area contributed by atoms with Crippen LogP contribution < -0.4 is 5.73 Å². The highest BCUT2D eigenvalue weighted by molar-refractivity contribution is 6.31. The average molecular weight is 297 g/mol. The standard InChI is InChI=1S/C16H13ClN4/c17-13-9-11(4-5-12(13)10-18)14-6-8-20-16(21-14)15-3-1-2-7-19-15/h1-9H,10,18H2. The number of pyridine rings is 1. The van der Waals surface area contributed by atoms with Gasteiger partial charge in [-0.05, 0) is 29.8 Å². The molecule has 2 aromatic heterocycles. The van der Waals surface area contributed by atoms with E-state index in [9.17, 15) is 0 Å². The lowest BCUT2D eigenvalue weighted by molar-refractivity contribution is 1.07. The highest BCUT2D eigenvalue weighted by Gasteiger charge is 2.07. The summed E-state index contributed by atoms with van der Waals surface area (Å²) in [5, 5.41) is 0.646. The lowest BCUT2D eigenvalue weighted by Crippen LogP contribution is -1.98. The molecule has 2 heterocycles. The zero-order valence-corrected chi connectivity index (χ0v) is 12.0. The number of aromatic nitrogens is 3. The Kier molecular flexibility index (Phi) is 3.90. The fourth-order valence-corrected chi connectivity index (χ4v) is 2.27. The monoisotopic (exact) mass is 296 g/mol. The minimum Gasteiger partial charge on any atom is -0.326 e. The lowest BCUT2D eigenvalue weighted by Gasteiger charge is -2.06. The molecule has 0 fully saturated rings. The topological polar surface area (TPSA) is 64.7 Å². The molecule has 2 N–H and O–H groups in total. The number of rotatable bonds is 3. The Balaban J connectivity index is 2.02. The first kappa shape index (κ1) is 13.7. The molecule has 0 saturated heterocycles. The van der Waals surface area contributed by atoms with Gasteiger partial charge in [0.2, 0.25) is 0 Å². The molecule has 0 aliphatic rings. The summed E-state index contributed by atoms with van der Waals surface area (Å²) in [5.74, 6) is 0.590. The summed E-state index contributed by atoms with van der Waals surface area (Å²) in [6.07, 6.45) is 3.44. The second-order valence-electron chi connectivity index (χ2n) is 4.49. The molecule has 4 nitrogen and oxygen atoms in total. The van der Waals surface area contributed by atoms with Crippen LogP contribution >= 0.6 is 11.6 Å². The van der Waals surface area contributed by atoms with E-state index in [2.05, 4.69) is 15.0 Å². The van der Waals surface area contributed by atoms with E-state index >= 15 is 0 Å². The maximum atomic E-state index is 6.20. The molecule has 0 spiro atoms. The van der Waals surface area contributed by atoms with E-state index in [4.69, 9.17) is 17.3 Å². The Hall–Kier alpha value is -2.30. The van der Waals surface area contributed by atoms with Crippen molar-refractivity contribution < 1.29 is 0 Å². The summed E-state index contributed by atoms with van der Waals surface area (Å²) in [7, 11) is 0. The molecule has 21 heavy (non-hydrogen) atoms. The van der Waals surface area contributed by atoms with Gasteiger partial charge in [0.1, 0.15) is 5.69 Å². The summed E-state index contributed by atoms with van der Waals surface area (Å²) >= 11 is 6.20. The van der Waals surface area contributed by atoms with Gasteiger partial charge in [-0.15, -0.1) is 0 Å². The van der Waals surface area contributed by atoms with Crippen LogP contribution in [0.5, 0.6) is 0 Å². The summed E-state index contributed by atoms with van der Waals surface area (Å²) in [6, 6.07) is 13.2. The van der Waals surface area contributed by atoms with Crippen LogP contribution in [-0.4, -0.2) is 15.0 Å². The minimum atomic E-state index is 0.419. The van der Waals surface area contributed by atoms with E-state index in [-0.39, 0.29) is 0 Å². The van der Waals surface area contributed by atoms with Gasteiger partial charge in [0.05, 0.1) is 5.69 Å². The molecule has 0 aliphatic carbocycles. The van der Waals surface area contributed by atoms with Crippen LogP contribution in [-0.2, 0) is 6.54 Å². The minimum absolute atomic E-state index is 0.419. The quantitative estimate of drug-likeness (QED) is 0.805. The van der Waals surface area contributed by atoms with Crippen molar-refractivity contribution in [1.29, 1.82) is 0 Å². The van der Waals surface area contributed by atoms with Gasteiger partial charge in [-0.2, -0.15) is 0 Å². The molecule has 0 radical (unpaired) electrons. The van der Waals surface area contributed by atoms with E-state index in [0.29, 0.717) is 17.4 Å². The van der Waals surface area contributed by atoms with Crippen LogP contribution in [0.3, 0.4) is 0 Å². The molecule has 0 saturated carbocycles. The molecule has 0 atom stereocenters. The predicted octanol–water partition coefficient (Wildman–Crippen LogP) is 3.32. The van der Waals surface area contributed by atoms with Crippen LogP contribution in [0.1, 0.15) is 5.56 Å². The Morgan fingerprint density at radius 2 is 1.86 bits per heavy atom. The largest absolute Gasteiger partial charge is 0.326 e. The molecule has 3 rings (SSSR count). The molecular formula is C16H13ClN4. The van der Waals surface area contributed by atoms with Crippen molar-refractivity contribution in [2.75, 3.05) is 0 Å². The molecule has 5 heteroatoms. The van der Waals surface area contributed by atoms with Gasteiger partial charge in [-0.3, -0.25) is 4.98 Å². The van der Waals surface area contributed by atoms with Gasteiger partial charge < -0.3 is 5.73 Å². The van der Waals surface area contributed by atoms with Crippen molar-refractivity contribution in [3.8, 4) is 22.8 Å². The van der Waals surface area contributed by atoms with Crippen LogP contribution in [0.25, 0.3) is 22.8 Å². The normalized spacial score (nSPS) is 10.6. The zero-order chi connectivity index (χ0) is 14.7. The van der Waals surface area contributed by atoms with Crippen molar-refractivity contribution in [2.45, 2.75) is 6.54 Å². The van der Waals surface area contributed by atoms with E-state index in [0.717, 1.165) is 22.5 Å². The van der Waals surface area contributed by atoms with E-state index in [1.54, 1.807) is 12.4 Å². The number of benzene rings is 1. The predicted molar refractivity (Wildman–Crippen MR) is 83.6 cm³/mol. The zero-order valence-electron chi connectivity index (χ0n) is 11.2. The molecule has 104 valence electrons. The van der Waals surface area contributed by atoms with Gasteiger partial charge in [0, 0.05) is 29.5 Å². The van der Waals surface area contributed by atoms with Gasteiger partial charge in [0.15, 0.2) is 5.82 Å². The summed E-state index contributed by atoms with van der Waals surface area (Å²) in [5.41, 5.74) is 9.01. The molecule has 0 aliphatic heterocycles. The second-order valence-corrected chi connectivity index (χ2v) is 4.90. The SMILES string of the molecule is NCc1ccc(-c2ccnc(-c3ccccn3)n2)cc1Cl. The van der Waals surface area contributed by atoms with Gasteiger partial charge >= 0.3 is 0 Å². The van der Waals surface area contributed by atoms with Crippen LogP contribution in [0.15, 0.2) is 54.9 Å². The van der Waals surface area contributed by atoms with Gasteiger partial charge in [-0.25, -0.2) is 9.97 Å². The van der Waals surface area contributed by atoms with Crippen molar-refractivity contribution in [2.24, 2.45) is 5.73 Å². The van der Waals surface area contributed by atoms with Gasteiger partial charge in [-0.1, -0.05) is 29.8 Å². The van der Waals surface area contributed by atoms with E-state index < -0.39 is 0 Å². The third-order valence-corrected chi connectivity index (χ3v) is 3.47. The molecule has 3 aromatic rings. The van der Waals surface area contributed by atoms with E-state index in [1.165, 1.54) is 0 Å². The fourth-order valence-electron chi connectivity index (χ4n) is 2.01. The molecule has 1 aromatic carbocycles. The highest BCUT2D eigenvalue weighted by Crippen LogP contribution is 2.25. The third kappa shape index (κ3) is 2.91. The Labute approximate surface area is 127 Å². The van der Waals surface area contributed by atoms with Crippen molar-refractivity contribution in [3.05, 3.63) is 65.4 Å². The third-order valence-electron chi connectivity index (χ3n) is 3.12. The maximum Gasteiger partial charge on any atom is 0.178 e. The van der Waals surface area contributed by atoms with Gasteiger partial charge in [0.25, 0.3) is 0 Å².